The van der Waals surface area contributed by atoms with Crippen molar-refractivity contribution in [2.75, 3.05) is 0 Å². The maximum absolute atomic E-state index is 13.9. The van der Waals surface area contributed by atoms with Gasteiger partial charge in [-0.2, -0.15) is 0 Å². The van der Waals surface area contributed by atoms with Crippen LogP contribution in [0, 0.1) is 5.82 Å². The van der Waals surface area contributed by atoms with Gasteiger partial charge in [0.15, 0.2) is 0 Å². The van der Waals surface area contributed by atoms with E-state index in [1.807, 2.05) is 10.8 Å². The van der Waals surface area contributed by atoms with Gasteiger partial charge in [0.1, 0.15) is 11.6 Å². The molecule has 1 atom stereocenters. The molecule has 0 fully saturated rings. The summed E-state index contributed by atoms with van der Waals surface area (Å²) >= 11 is 5.76. The van der Waals surface area contributed by atoms with Crippen LogP contribution in [0.15, 0.2) is 30.6 Å². The van der Waals surface area contributed by atoms with Crippen LogP contribution in [-0.4, -0.2) is 9.55 Å². The number of aryl methyl sites for hydroxylation is 1. The normalized spacial score (nSPS) is 12.7. The van der Waals surface area contributed by atoms with E-state index in [9.17, 15) is 4.39 Å². The molecule has 0 saturated carbocycles. The molecule has 1 aromatic carbocycles. The molecule has 3 nitrogen and oxygen atoms in total. The van der Waals surface area contributed by atoms with Gasteiger partial charge in [-0.15, -0.1) is 0 Å². The van der Waals surface area contributed by atoms with Crippen LogP contribution >= 0.6 is 11.6 Å². The minimum atomic E-state index is -0.606. The number of halogens is 2. The molecule has 0 aliphatic rings. The summed E-state index contributed by atoms with van der Waals surface area (Å²) in [5.74, 6) is 0.177. The SMILES string of the molecule is CCCn1ccnc1C(N)c1cccc(Cl)c1F. The Morgan fingerprint density at radius 3 is 3.00 bits per heavy atom. The van der Waals surface area contributed by atoms with E-state index >= 15 is 0 Å². The zero-order valence-corrected chi connectivity index (χ0v) is 10.9. The maximum Gasteiger partial charge on any atom is 0.147 e. The first-order chi connectivity index (χ1) is 8.65. The third-order valence-electron chi connectivity index (χ3n) is 2.81. The molecule has 2 rings (SSSR count). The van der Waals surface area contributed by atoms with Crippen LogP contribution in [0.25, 0.3) is 0 Å². The second-order valence-corrected chi connectivity index (χ2v) is 4.51. The summed E-state index contributed by atoms with van der Waals surface area (Å²) in [5, 5.41) is 0.0801. The summed E-state index contributed by atoms with van der Waals surface area (Å²) in [6, 6.07) is 4.22. The Morgan fingerprint density at radius 2 is 2.28 bits per heavy atom. The highest BCUT2D eigenvalue weighted by molar-refractivity contribution is 6.30. The molecule has 1 heterocycles. The zero-order chi connectivity index (χ0) is 13.1. The number of nitrogens with zero attached hydrogens (tertiary/aromatic N) is 2. The van der Waals surface area contributed by atoms with E-state index in [1.54, 1.807) is 18.3 Å². The fraction of sp³-hybridized carbons (Fsp3) is 0.308. The molecule has 1 aromatic heterocycles. The van der Waals surface area contributed by atoms with Gasteiger partial charge in [0.2, 0.25) is 0 Å². The third kappa shape index (κ3) is 2.40. The van der Waals surface area contributed by atoms with E-state index in [4.69, 9.17) is 17.3 Å². The molecule has 0 spiro atoms. The smallest absolute Gasteiger partial charge is 0.147 e. The second-order valence-electron chi connectivity index (χ2n) is 4.10. The molecule has 0 bridgehead atoms. The Hall–Kier alpha value is -1.39. The molecule has 0 aliphatic carbocycles. The average Bonchev–Trinajstić information content (AvgIpc) is 2.80. The summed E-state index contributed by atoms with van der Waals surface area (Å²) in [6.45, 7) is 2.88. The molecule has 2 N–H and O–H groups in total. The summed E-state index contributed by atoms with van der Waals surface area (Å²) in [7, 11) is 0. The Morgan fingerprint density at radius 1 is 1.50 bits per heavy atom. The molecule has 2 aromatic rings. The van der Waals surface area contributed by atoms with Gasteiger partial charge in [0.25, 0.3) is 0 Å². The van der Waals surface area contributed by atoms with E-state index in [-0.39, 0.29) is 5.02 Å². The molecular formula is C13H15ClFN3. The van der Waals surface area contributed by atoms with Crippen molar-refractivity contribution in [3.05, 3.63) is 52.8 Å². The fourth-order valence-corrected chi connectivity index (χ4v) is 2.11. The van der Waals surface area contributed by atoms with Crippen LogP contribution < -0.4 is 5.73 Å². The van der Waals surface area contributed by atoms with Crippen LogP contribution in [0.1, 0.15) is 30.8 Å². The lowest BCUT2D eigenvalue weighted by Crippen LogP contribution is -2.19. The van der Waals surface area contributed by atoms with Crippen LogP contribution in [0.3, 0.4) is 0 Å². The summed E-state index contributed by atoms with van der Waals surface area (Å²) in [6.07, 6.45) is 4.49. The number of hydrogen-bond acceptors (Lipinski definition) is 2. The van der Waals surface area contributed by atoms with Crippen LogP contribution in [0.2, 0.25) is 5.02 Å². The van der Waals surface area contributed by atoms with Crippen LogP contribution in [-0.2, 0) is 6.54 Å². The van der Waals surface area contributed by atoms with Crippen molar-refractivity contribution in [3.8, 4) is 0 Å². The number of rotatable bonds is 4. The highest BCUT2D eigenvalue weighted by Gasteiger charge is 2.19. The van der Waals surface area contributed by atoms with E-state index in [1.165, 1.54) is 6.07 Å². The summed E-state index contributed by atoms with van der Waals surface area (Å²) in [5.41, 5.74) is 6.45. The van der Waals surface area contributed by atoms with Gasteiger partial charge >= 0.3 is 0 Å². The number of imidazole rings is 1. The van der Waals surface area contributed by atoms with Gasteiger partial charge in [-0.05, 0) is 12.5 Å². The lowest BCUT2D eigenvalue weighted by atomic mass is 10.1. The van der Waals surface area contributed by atoms with Crippen molar-refractivity contribution >= 4 is 11.6 Å². The highest BCUT2D eigenvalue weighted by atomic mass is 35.5. The molecule has 5 heteroatoms. The van der Waals surface area contributed by atoms with Gasteiger partial charge in [0, 0.05) is 24.5 Å². The van der Waals surface area contributed by atoms with E-state index in [0.29, 0.717) is 11.4 Å². The fourth-order valence-electron chi connectivity index (χ4n) is 1.93. The molecule has 1 unspecified atom stereocenters. The third-order valence-corrected chi connectivity index (χ3v) is 3.10. The number of nitrogens with two attached hydrogens (primary N) is 1. The van der Waals surface area contributed by atoms with Crippen molar-refractivity contribution in [2.45, 2.75) is 25.9 Å². The first-order valence-electron chi connectivity index (χ1n) is 5.85. The lowest BCUT2D eigenvalue weighted by Gasteiger charge is -2.15. The molecule has 0 aliphatic heterocycles. The Kier molecular flexibility index (Phi) is 3.99. The van der Waals surface area contributed by atoms with Crippen molar-refractivity contribution < 1.29 is 4.39 Å². The highest BCUT2D eigenvalue weighted by Crippen LogP contribution is 2.25. The van der Waals surface area contributed by atoms with Gasteiger partial charge in [-0.1, -0.05) is 30.7 Å². The molecule has 0 saturated heterocycles. The Balaban J connectivity index is 2.38. The number of benzene rings is 1. The van der Waals surface area contributed by atoms with Crippen molar-refractivity contribution in [3.63, 3.8) is 0 Å². The standard InChI is InChI=1S/C13H15ClFN3/c1-2-7-18-8-6-17-13(18)12(16)9-4-3-5-10(14)11(9)15/h3-6,8,12H,2,7,16H2,1H3. The Bertz CT molecular complexity index is 539. The Labute approximate surface area is 110 Å². The van der Waals surface area contributed by atoms with Crippen LogP contribution in [0.4, 0.5) is 4.39 Å². The predicted molar refractivity (Wildman–Crippen MR) is 70.0 cm³/mol. The molecule has 0 amide bonds. The minimum absolute atomic E-state index is 0.0801. The van der Waals surface area contributed by atoms with Crippen molar-refractivity contribution in [1.29, 1.82) is 0 Å². The number of hydrogen-bond donors (Lipinski definition) is 1. The largest absolute Gasteiger partial charge is 0.333 e. The zero-order valence-electron chi connectivity index (χ0n) is 10.1. The average molecular weight is 268 g/mol. The van der Waals surface area contributed by atoms with Crippen LogP contribution in [0.5, 0.6) is 0 Å². The lowest BCUT2D eigenvalue weighted by molar-refractivity contribution is 0.571. The topological polar surface area (TPSA) is 43.8 Å². The predicted octanol–water partition coefficient (Wildman–Crippen LogP) is 3.13. The first-order valence-corrected chi connectivity index (χ1v) is 6.23. The van der Waals surface area contributed by atoms with Gasteiger partial charge < -0.3 is 10.3 Å². The van der Waals surface area contributed by atoms with E-state index in [0.717, 1.165) is 13.0 Å². The van der Waals surface area contributed by atoms with Crippen molar-refractivity contribution in [1.82, 2.24) is 9.55 Å². The molecule has 0 radical (unpaired) electrons. The van der Waals surface area contributed by atoms with Gasteiger partial charge in [-0.25, -0.2) is 9.37 Å². The second kappa shape index (κ2) is 5.50. The van der Waals surface area contributed by atoms with Gasteiger partial charge in [0.05, 0.1) is 11.1 Å². The molecule has 18 heavy (non-hydrogen) atoms. The van der Waals surface area contributed by atoms with Crippen molar-refractivity contribution in [2.24, 2.45) is 5.73 Å². The number of aromatic nitrogens is 2. The maximum atomic E-state index is 13.9. The van der Waals surface area contributed by atoms with Gasteiger partial charge in [-0.3, -0.25) is 0 Å². The minimum Gasteiger partial charge on any atom is -0.333 e. The first kappa shape index (κ1) is 13.1. The van der Waals surface area contributed by atoms with E-state index < -0.39 is 11.9 Å². The monoisotopic (exact) mass is 267 g/mol. The summed E-state index contributed by atoms with van der Waals surface area (Å²) in [4.78, 5) is 4.21. The quantitative estimate of drug-likeness (QED) is 0.925. The van der Waals surface area contributed by atoms with E-state index in [2.05, 4.69) is 11.9 Å². The molecular weight excluding hydrogens is 253 g/mol. The molecule has 96 valence electrons. The summed E-state index contributed by atoms with van der Waals surface area (Å²) < 4.78 is 15.8.